The Kier molecular flexibility index (Phi) is 5.84. The first-order chi connectivity index (χ1) is 15.6. The lowest BCUT2D eigenvalue weighted by molar-refractivity contribution is -0.385. The minimum absolute atomic E-state index is 0.0583. The highest BCUT2D eigenvalue weighted by Crippen LogP contribution is 2.37. The number of ether oxygens (including phenoxy) is 2. The van der Waals surface area contributed by atoms with Gasteiger partial charge in [0.1, 0.15) is 11.8 Å². The molecule has 0 spiro atoms. The van der Waals surface area contributed by atoms with Crippen LogP contribution >= 0.6 is 0 Å². The molecule has 160 valence electrons. The second kappa shape index (κ2) is 9.04. The van der Waals surface area contributed by atoms with Gasteiger partial charge in [0.2, 0.25) is 5.82 Å². The molecule has 1 N–H and O–H groups in total. The molecule has 0 aliphatic carbocycles. The predicted octanol–water partition coefficient (Wildman–Crippen LogP) is 4.65. The summed E-state index contributed by atoms with van der Waals surface area (Å²) in [7, 11) is 0. The van der Waals surface area contributed by atoms with E-state index in [1.165, 1.54) is 0 Å². The number of nitrogens with one attached hydrogen (secondary N) is 1. The number of nitro groups is 1. The first-order valence-corrected chi connectivity index (χ1v) is 9.62. The number of esters is 1. The van der Waals surface area contributed by atoms with Gasteiger partial charge in [0.15, 0.2) is 5.75 Å². The van der Waals surface area contributed by atoms with E-state index in [4.69, 9.17) is 9.47 Å². The molecule has 0 aliphatic rings. The summed E-state index contributed by atoms with van der Waals surface area (Å²) in [4.78, 5) is 35.2. The number of pyridine rings is 1. The smallest absolute Gasteiger partial charge is 0.373 e. The number of para-hydroxylation sites is 1. The van der Waals surface area contributed by atoms with Gasteiger partial charge in [-0.05, 0) is 43.3 Å². The van der Waals surface area contributed by atoms with Crippen LogP contribution in [0.5, 0.6) is 11.6 Å². The van der Waals surface area contributed by atoms with Crippen molar-refractivity contribution in [2.45, 2.75) is 6.92 Å². The lowest BCUT2D eigenvalue weighted by atomic mass is 10.2. The van der Waals surface area contributed by atoms with E-state index in [0.29, 0.717) is 22.5 Å². The second-order valence-corrected chi connectivity index (χ2v) is 6.49. The molecular formula is C22H17N5O5. The van der Waals surface area contributed by atoms with Crippen molar-refractivity contribution in [1.29, 1.82) is 0 Å². The summed E-state index contributed by atoms with van der Waals surface area (Å²) < 4.78 is 10.7. The standard InChI is InChI=1S/C22H17N5O5/c1-2-31-22(28)15-8-10-16(11-9-15)26-20-19(27(29)30)21(25-13-24-20)32-17-7-3-5-14-6-4-12-23-18(14)17/h3-13H,2H2,1H3,(H,24,25,26). The van der Waals surface area contributed by atoms with Crippen LogP contribution in [0.25, 0.3) is 10.9 Å². The molecule has 0 atom stereocenters. The van der Waals surface area contributed by atoms with Gasteiger partial charge in [-0.25, -0.2) is 9.78 Å². The Morgan fingerprint density at radius 3 is 2.59 bits per heavy atom. The molecule has 0 bridgehead atoms. The zero-order valence-corrected chi connectivity index (χ0v) is 16.9. The lowest BCUT2D eigenvalue weighted by Gasteiger charge is -2.11. The van der Waals surface area contributed by atoms with Crippen LogP contribution in [0.4, 0.5) is 17.2 Å². The van der Waals surface area contributed by atoms with Crippen molar-refractivity contribution in [2.24, 2.45) is 0 Å². The molecular weight excluding hydrogens is 414 g/mol. The van der Waals surface area contributed by atoms with E-state index in [0.717, 1.165) is 11.7 Å². The van der Waals surface area contributed by atoms with Crippen LogP contribution in [0, 0.1) is 10.1 Å². The average molecular weight is 431 g/mol. The van der Waals surface area contributed by atoms with E-state index in [-0.39, 0.29) is 18.3 Å². The number of carbonyl (C=O) groups excluding carboxylic acids is 1. The van der Waals surface area contributed by atoms with Gasteiger partial charge in [-0.2, -0.15) is 4.98 Å². The molecule has 0 saturated heterocycles. The van der Waals surface area contributed by atoms with Gasteiger partial charge in [-0.15, -0.1) is 0 Å². The van der Waals surface area contributed by atoms with Crippen molar-refractivity contribution in [3.63, 3.8) is 0 Å². The summed E-state index contributed by atoms with van der Waals surface area (Å²) in [5.74, 6) is -0.410. The molecule has 0 aliphatic heterocycles. The summed E-state index contributed by atoms with van der Waals surface area (Å²) in [6, 6.07) is 15.2. The van der Waals surface area contributed by atoms with Crippen molar-refractivity contribution < 1.29 is 19.2 Å². The summed E-state index contributed by atoms with van der Waals surface area (Å²) in [5.41, 5.74) is 0.960. The molecule has 4 rings (SSSR count). The van der Waals surface area contributed by atoms with E-state index < -0.39 is 16.6 Å². The van der Waals surface area contributed by atoms with Gasteiger partial charge >= 0.3 is 17.5 Å². The Morgan fingerprint density at radius 1 is 1.06 bits per heavy atom. The van der Waals surface area contributed by atoms with Crippen LogP contribution in [-0.2, 0) is 4.74 Å². The summed E-state index contributed by atoms with van der Waals surface area (Å²) in [6.45, 7) is 1.98. The molecule has 2 heterocycles. The molecule has 2 aromatic heterocycles. The third-order valence-corrected chi connectivity index (χ3v) is 4.43. The monoisotopic (exact) mass is 431 g/mol. The van der Waals surface area contributed by atoms with E-state index in [9.17, 15) is 14.9 Å². The molecule has 0 saturated carbocycles. The highest BCUT2D eigenvalue weighted by atomic mass is 16.6. The number of hydrogen-bond donors (Lipinski definition) is 1. The van der Waals surface area contributed by atoms with Crippen molar-refractivity contribution in [1.82, 2.24) is 15.0 Å². The van der Waals surface area contributed by atoms with E-state index in [1.54, 1.807) is 55.6 Å². The molecule has 0 amide bonds. The third kappa shape index (κ3) is 4.29. The van der Waals surface area contributed by atoms with Crippen molar-refractivity contribution in [3.8, 4) is 11.6 Å². The Balaban J connectivity index is 1.65. The van der Waals surface area contributed by atoms with E-state index >= 15 is 0 Å². The van der Waals surface area contributed by atoms with Gasteiger partial charge in [0.25, 0.3) is 0 Å². The highest BCUT2D eigenvalue weighted by Gasteiger charge is 2.26. The number of benzene rings is 2. The fraction of sp³-hybridized carbons (Fsp3) is 0.0909. The molecule has 0 fully saturated rings. The zero-order valence-electron chi connectivity index (χ0n) is 16.9. The van der Waals surface area contributed by atoms with Gasteiger partial charge < -0.3 is 14.8 Å². The first kappa shape index (κ1) is 20.7. The topological polar surface area (TPSA) is 129 Å². The Labute approximate surface area is 182 Å². The normalized spacial score (nSPS) is 10.5. The molecule has 0 unspecified atom stereocenters. The second-order valence-electron chi connectivity index (χ2n) is 6.49. The molecule has 2 aromatic carbocycles. The van der Waals surface area contributed by atoms with Gasteiger partial charge in [0.05, 0.1) is 17.1 Å². The van der Waals surface area contributed by atoms with Crippen molar-refractivity contribution in [2.75, 3.05) is 11.9 Å². The minimum atomic E-state index is -0.622. The number of aromatic nitrogens is 3. The van der Waals surface area contributed by atoms with Crippen LogP contribution in [0.3, 0.4) is 0 Å². The molecule has 10 nitrogen and oxygen atoms in total. The van der Waals surface area contributed by atoms with Crippen LogP contribution in [0.15, 0.2) is 67.1 Å². The van der Waals surface area contributed by atoms with Crippen LogP contribution in [-0.4, -0.2) is 32.5 Å². The molecule has 32 heavy (non-hydrogen) atoms. The van der Waals surface area contributed by atoms with Crippen LogP contribution < -0.4 is 10.1 Å². The Hall–Kier alpha value is -4.60. The van der Waals surface area contributed by atoms with Gasteiger partial charge in [-0.1, -0.05) is 18.2 Å². The number of carbonyl (C=O) groups is 1. The number of fused-ring (bicyclic) bond motifs is 1. The number of nitrogens with zero attached hydrogens (tertiary/aromatic N) is 4. The lowest BCUT2D eigenvalue weighted by Crippen LogP contribution is -2.05. The van der Waals surface area contributed by atoms with Gasteiger partial charge in [0, 0.05) is 17.3 Å². The zero-order chi connectivity index (χ0) is 22.5. The third-order valence-electron chi connectivity index (χ3n) is 4.43. The van der Waals surface area contributed by atoms with Crippen molar-refractivity contribution in [3.05, 3.63) is 82.8 Å². The highest BCUT2D eigenvalue weighted by molar-refractivity contribution is 5.90. The number of anilines is 2. The first-order valence-electron chi connectivity index (χ1n) is 9.62. The maximum Gasteiger partial charge on any atom is 0.373 e. The maximum atomic E-state index is 11.8. The SMILES string of the molecule is CCOC(=O)c1ccc(Nc2ncnc(Oc3cccc4cccnc34)c2[N+](=O)[O-])cc1. The summed E-state index contributed by atoms with van der Waals surface area (Å²) in [6.07, 6.45) is 2.77. The molecule has 10 heteroatoms. The average Bonchev–Trinajstić information content (AvgIpc) is 2.80. The molecule has 4 aromatic rings. The van der Waals surface area contributed by atoms with E-state index in [2.05, 4.69) is 20.3 Å². The summed E-state index contributed by atoms with van der Waals surface area (Å²) >= 11 is 0. The van der Waals surface area contributed by atoms with Crippen molar-refractivity contribution >= 4 is 34.1 Å². The summed E-state index contributed by atoms with van der Waals surface area (Å²) in [5, 5.41) is 15.5. The minimum Gasteiger partial charge on any atom is -0.462 e. The van der Waals surface area contributed by atoms with Crippen LogP contribution in [0.1, 0.15) is 17.3 Å². The number of hydrogen-bond acceptors (Lipinski definition) is 9. The maximum absolute atomic E-state index is 11.8. The van der Waals surface area contributed by atoms with Crippen LogP contribution in [0.2, 0.25) is 0 Å². The fourth-order valence-electron chi connectivity index (χ4n) is 3.00. The predicted molar refractivity (Wildman–Crippen MR) is 116 cm³/mol. The largest absolute Gasteiger partial charge is 0.462 e. The van der Waals surface area contributed by atoms with E-state index in [1.807, 2.05) is 12.1 Å². The molecule has 0 radical (unpaired) electrons. The Bertz CT molecular complexity index is 1290. The Morgan fingerprint density at radius 2 is 1.84 bits per heavy atom. The fourth-order valence-corrected chi connectivity index (χ4v) is 3.00. The van der Waals surface area contributed by atoms with Gasteiger partial charge in [-0.3, -0.25) is 15.1 Å². The number of rotatable bonds is 7. The quantitative estimate of drug-likeness (QED) is 0.252.